The fourth-order valence-corrected chi connectivity index (χ4v) is 5.96. The Morgan fingerprint density at radius 1 is 1.00 bits per heavy atom. The van der Waals surface area contributed by atoms with Crippen molar-refractivity contribution in [1.82, 2.24) is 4.57 Å². The van der Waals surface area contributed by atoms with Crippen molar-refractivity contribution in [1.29, 1.82) is 0 Å². The molecule has 0 spiro atoms. The summed E-state index contributed by atoms with van der Waals surface area (Å²) in [5.74, 6) is 0. The average Bonchev–Trinajstić information content (AvgIpc) is 2.77. The highest BCUT2D eigenvalue weighted by molar-refractivity contribution is 9.10. The van der Waals surface area contributed by atoms with E-state index in [0.717, 1.165) is 4.47 Å². The summed E-state index contributed by atoms with van der Waals surface area (Å²) in [5.41, 5.74) is 1.31. The van der Waals surface area contributed by atoms with E-state index in [4.69, 9.17) is 0 Å². The predicted octanol–water partition coefficient (Wildman–Crippen LogP) is 3.76. The molecule has 20 heavy (non-hydrogen) atoms. The van der Waals surface area contributed by atoms with E-state index in [1.807, 2.05) is 0 Å². The van der Waals surface area contributed by atoms with Gasteiger partial charge in [0.15, 0.2) is 0 Å². The lowest BCUT2D eigenvalue weighted by molar-refractivity contribution is 0.971. The highest BCUT2D eigenvalue weighted by Gasteiger charge is 2.29. The first-order valence-corrected chi connectivity index (χ1v) is 10.6. The number of aryl methyl sites for hydroxylation is 1. The molecule has 0 aliphatic heterocycles. The van der Waals surface area contributed by atoms with Gasteiger partial charge in [0.25, 0.3) is 0 Å². The quantitative estimate of drug-likeness (QED) is 0.624. The van der Waals surface area contributed by atoms with Crippen LogP contribution in [-0.4, -0.2) is 12.6 Å². The van der Waals surface area contributed by atoms with Crippen molar-refractivity contribution >= 4 is 45.3 Å². The molecule has 2 aromatic carbocycles. The van der Waals surface area contributed by atoms with E-state index >= 15 is 0 Å². The fraction of sp³-hybridized carbons (Fsp3) is 0.176. The molecule has 0 bridgehead atoms. The number of nitrogens with zero attached hydrogens (tertiary/aromatic N) is 1. The zero-order valence-corrected chi connectivity index (χ0v) is 14.6. The van der Waals surface area contributed by atoms with Gasteiger partial charge in [-0.1, -0.05) is 64.5 Å². The second-order valence-electron chi connectivity index (χ2n) is 5.81. The summed E-state index contributed by atoms with van der Waals surface area (Å²) in [4.78, 5) is 0. The molecule has 0 radical (unpaired) electrons. The lowest BCUT2D eigenvalue weighted by Gasteiger charge is -2.22. The SMILES string of the molecule is Cn1cc([Si](C)(C)c2ccccc2)c2cc(Br)ccc21. The minimum atomic E-state index is -1.66. The van der Waals surface area contributed by atoms with Gasteiger partial charge in [-0.25, -0.2) is 0 Å². The minimum Gasteiger partial charge on any atom is -0.351 e. The lowest BCUT2D eigenvalue weighted by Crippen LogP contribution is -2.52. The van der Waals surface area contributed by atoms with Crippen molar-refractivity contribution in [2.24, 2.45) is 7.05 Å². The highest BCUT2D eigenvalue weighted by Crippen LogP contribution is 2.21. The van der Waals surface area contributed by atoms with Crippen molar-refractivity contribution in [3.63, 3.8) is 0 Å². The van der Waals surface area contributed by atoms with Crippen LogP contribution >= 0.6 is 15.9 Å². The van der Waals surface area contributed by atoms with Crippen LogP contribution in [0.3, 0.4) is 0 Å². The van der Waals surface area contributed by atoms with E-state index in [1.165, 1.54) is 21.3 Å². The Morgan fingerprint density at radius 3 is 2.40 bits per heavy atom. The molecule has 0 saturated carbocycles. The van der Waals surface area contributed by atoms with Crippen LogP contribution in [0.5, 0.6) is 0 Å². The number of benzene rings is 2. The van der Waals surface area contributed by atoms with Crippen LogP contribution in [0.4, 0.5) is 0 Å². The largest absolute Gasteiger partial charge is 0.351 e. The number of hydrogen-bond acceptors (Lipinski definition) is 0. The van der Waals surface area contributed by atoms with E-state index in [0.29, 0.717) is 0 Å². The van der Waals surface area contributed by atoms with Crippen molar-refractivity contribution in [3.8, 4) is 0 Å². The van der Waals surface area contributed by atoms with Gasteiger partial charge in [-0.15, -0.1) is 0 Å². The summed E-state index contributed by atoms with van der Waals surface area (Å²) in [7, 11) is 0.470. The topological polar surface area (TPSA) is 4.93 Å². The van der Waals surface area contributed by atoms with Crippen LogP contribution in [-0.2, 0) is 7.05 Å². The van der Waals surface area contributed by atoms with Gasteiger partial charge in [0.05, 0.1) is 0 Å². The van der Waals surface area contributed by atoms with Gasteiger partial charge in [0.1, 0.15) is 8.07 Å². The molecule has 3 aromatic rings. The molecule has 0 fully saturated rings. The summed E-state index contributed by atoms with van der Waals surface area (Å²) < 4.78 is 3.39. The summed E-state index contributed by atoms with van der Waals surface area (Å²) >= 11 is 3.60. The fourth-order valence-electron chi connectivity index (χ4n) is 2.87. The van der Waals surface area contributed by atoms with E-state index in [1.54, 1.807) is 0 Å². The van der Waals surface area contributed by atoms with Gasteiger partial charge in [0, 0.05) is 28.6 Å². The summed E-state index contributed by atoms with van der Waals surface area (Å²) in [6.07, 6.45) is 2.32. The van der Waals surface area contributed by atoms with Gasteiger partial charge in [-0.05, 0) is 23.4 Å². The maximum Gasteiger partial charge on any atom is 0.115 e. The Hall–Kier alpha value is -1.32. The molecule has 0 unspecified atom stereocenters. The molecule has 0 atom stereocenters. The Morgan fingerprint density at radius 2 is 1.70 bits per heavy atom. The van der Waals surface area contributed by atoms with Crippen molar-refractivity contribution < 1.29 is 0 Å². The minimum absolute atomic E-state index is 1.15. The van der Waals surface area contributed by atoms with Crippen LogP contribution in [0.2, 0.25) is 13.1 Å². The second-order valence-corrected chi connectivity index (χ2v) is 11.1. The maximum absolute atomic E-state index is 3.60. The Balaban J connectivity index is 2.26. The highest BCUT2D eigenvalue weighted by atomic mass is 79.9. The van der Waals surface area contributed by atoms with Gasteiger partial charge in [-0.2, -0.15) is 0 Å². The van der Waals surface area contributed by atoms with E-state index in [-0.39, 0.29) is 0 Å². The lowest BCUT2D eigenvalue weighted by atomic mass is 10.2. The zero-order chi connectivity index (χ0) is 14.3. The molecule has 102 valence electrons. The molecule has 0 saturated heterocycles. The van der Waals surface area contributed by atoms with Crippen LogP contribution in [0.25, 0.3) is 10.9 Å². The van der Waals surface area contributed by atoms with Crippen molar-refractivity contribution in [3.05, 3.63) is 59.2 Å². The number of rotatable bonds is 2. The van der Waals surface area contributed by atoms with Crippen LogP contribution < -0.4 is 10.4 Å². The third kappa shape index (κ3) is 2.15. The number of aromatic nitrogens is 1. The van der Waals surface area contributed by atoms with E-state index < -0.39 is 8.07 Å². The van der Waals surface area contributed by atoms with Gasteiger partial charge >= 0.3 is 0 Å². The Bertz CT molecular complexity index is 759. The number of hydrogen-bond donors (Lipinski definition) is 0. The summed E-state index contributed by atoms with van der Waals surface area (Å²) in [6, 6.07) is 17.5. The molecule has 0 aliphatic carbocycles. The monoisotopic (exact) mass is 343 g/mol. The normalized spacial score (nSPS) is 12.0. The first kappa shape index (κ1) is 13.7. The summed E-state index contributed by atoms with van der Waals surface area (Å²) in [5, 5.41) is 4.36. The molecule has 0 aliphatic rings. The first-order chi connectivity index (χ1) is 9.50. The molecule has 1 heterocycles. The van der Waals surface area contributed by atoms with Gasteiger partial charge in [0.2, 0.25) is 0 Å². The molecular weight excluding hydrogens is 326 g/mol. The van der Waals surface area contributed by atoms with Crippen LogP contribution in [0.15, 0.2) is 59.2 Å². The number of halogens is 1. The average molecular weight is 344 g/mol. The van der Waals surface area contributed by atoms with Gasteiger partial charge < -0.3 is 4.57 Å². The molecule has 1 aromatic heterocycles. The third-order valence-electron chi connectivity index (χ3n) is 4.12. The smallest absolute Gasteiger partial charge is 0.115 e. The first-order valence-electron chi connectivity index (χ1n) is 6.81. The molecule has 0 N–H and O–H groups in total. The van der Waals surface area contributed by atoms with Crippen LogP contribution in [0.1, 0.15) is 0 Å². The second kappa shape index (κ2) is 4.90. The molecular formula is C17H18BrNSi. The van der Waals surface area contributed by atoms with E-state index in [9.17, 15) is 0 Å². The van der Waals surface area contributed by atoms with Crippen LogP contribution in [0, 0.1) is 0 Å². The summed E-state index contributed by atoms with van der Waals surface area (Å²) in [6.45, 7) is 4.86. The van der Waals surface area contributed by atoms with Crippen molar-refractivity contribution in [2.45, 2.75) is 13.1 Å². The van der Waals surface area contributed by atoms with Gasteiger partial charge in [-0.3, -0.25) is 0 Å². The molecule has 3 heteroatoms. The standard InChI is InChI=1S/C17H18BrNSi/c1-19-12-17(15-11-13(18)9-10-16(15)19)20(2,3)14-7-5-4-6-8-14/h4-12H,1-3H3. The third-order valence-corrected chi connectivity index (χ3v) is 8.14. The molecule has 1 nitrogen and oxygen atoms in total. The predicted molar refractivity (Wildman–Crippen MR) is 93.8 cm³/mol. The van der Waals surface area contributed by atoms with Crippen molar-refractivity contribution in [2.75, 3.05) is 0 Å². The Labute approximate surface area is 129 Å². The van der Waals surface area contributed by atoms with E-state index in [2.05, 4.69) is 95.4 Å². The molecule has 0 amide bonds. The zero-order valence-electron chi connectivity index (χ0n) is 12.0. The molecule has 3 rings (SSSR count). The number of fused-ring (bicyclic) bond motifs is 1. The maximum atomic E-state index is 3.60. The Kier molecular flexibility index (Phi) is 3.34.